The van der Waals surface area contributed by atoms with Gasteiger partial charge in [-0.2, -0.15) is 0 Å². The standard InChI is InChI=1S/C13H26O7Si/c1-5-9-10(12(14)15)11(13(16)17)21(18-6-2,19-7-3)20-8-4/h10-11H,5-9H2,1-4H3,(H,14,15)(H,16,17). The summed E-state index contributed by atoms with van der Waals surface area (Å²) in [4.78, 5) is 23.2. The molecule has 0 aromatic rings. The number of carboxylic acid groups (broad SMARTS) is 2. The van der Waals surface area contributed by atoms with Crippen molar-refractivity contribution in [1.82, 2.24) is 0 Å². The third-order valence-electron chi connectivity index (χ3n) is 3.00. The second-order valence-corrected chi connectivity index (χ2v) is 7.15. The normalized spacial score (nSPS) is 14.7. The van der Waals surface area contributed by atoms with Gasteiger partial charge in [-0.05, 0) is 27.2 Å². The van der Waals surface area contributed by atoms with E-state index in [-0.39, 0.29) is 26.2 Å². The molecule has 2 N–H and O–H groups in total. The zero-order valence-corrected chi connectivity index (χ0v) is 14.1. The minimum absolute atomic E-state index is 0.203. The zero-order valence-electron chi connectivity index (χ0n) is 13.1. The van der Waals surface area contributed by atoms with Crippen LogP contribution >= 0.6 is 0 Å². The van der Waals surface area contributed by atoms with Crippen LogP contribution in [-0.2, 0) is 22.9 Å². The summed E-state index contributed by atoms with van der Waals surface area (Å²) in [7, 11) is -3.63. The van der Waals surface area contributed by atoms with Crippen molar-refractivity contribution in [2.45, 2.75) is 46.1 Å². The lowest BCUT2D eigenvalue weighted by Gasteiger charge is -2.35. The lowest BCUT2D eigenvalue weighted by atomic mass is 9.99. The van der Waals surface area contributed by atoms with Crippen molar-refractivity contribution in [3.63, 3.8) is 0 Å². The molecule has 0 heterocycles. The minimum atomic E-state index is -3.63. The van der Waals surface area contributed by atoms with Crippen LogP contribution in [0.3, 0.4) is 0 Å². The monoisotopic (exact) mass is 322 g/mol. The van der Waals surface area contributed by atoms with E-state index in [1.807, 2.05) is 0 Å². The van der Waals surface area contributed by atoms with Crippen LogP contribution in [0.1, 0.15) is 40.5 Å². The van der Waals surface area contributed by atoms with Gasteiger partial charge in [-0.15, -0.1) is 0 Å². The van der Waals surface area contributed by atoms with Gasteiger partial charge in [0, 0.05) is 19.8 Å². The van der Waals surface area contributed by atoms with Crippen molar-refractivity contribution >= 4 is 20.7 Å². The molecule has 2 unspecified atom stereocenters. The van der Waals surface area contributed by atoms with Crippen LogP contribution in [0.5, 0.6) is 0 Å². The first-order chi connectivity index (χ1) is 9.90. The lowest BCUT2D eigenvalue weighted by molar-refractivity contribution is -0.150. The maximum Gasteiger partial charge on any atom is 0.516 e. The van der Waals surface area contributed by atoms with E-state index in [4.69, 9.17) is 13.3 Å². The van der Waals surface area contributed by atoms with E-state index in [0.29, 0.717) is 6.42 Å². The summed E-state index contributed by atoms with van der Waals surface area (Å²) in [5.41, 5.74) is -1.31. The molecule has 7 nitrogen and oxygen atoms in total. The molecule has 0 bridgehead atoms. The summed E-state index contributed by atoms with van der Waals surface area (Å²) in [6.45, 7) is 7.52. The molecule has 8 heteroatoms. The van der Waals surface area contributed by atoms with Crippen LogP contribution in [0.2, 0.25) is 5.54 Å². The largest absolute Gasteiger partial charge is 0.516 e. The molecule has 124 valence electrons. The number of rotatable bonds is 12. The maximum atomic E-state index is 11.7. The van der Waals surface area contributed by atoms with Crippen LogP contribution in [0.4, 0.5) is 0 Å². The molecule has 2 atom stereocenters. The maximum absolute atomic E-state index is 11.7. The topological polar surface area (TPSA) is 102 Å². The Morgan fingerprint density at radius 3 is 1.57 bits per heavy atom. The third kappa shape index (κ3) is 5.38. The first-order valence-electron chi connectivity index (χ1n) is 7.27. The average Bonchev–Trinajstić information content (AvgIpc) is 2.38. The number of aliphatic carboxylic acids is 2. The van der Waals surface area contributed by atoms with Crippen LogP contribution in [0, 0.1) is 5.92 Å². The van der Waals surface area contributed by atoms with Crippen LogP contribution in [-0.4, -0.2) is 50.8 Å². The molecule has 0 radical (unpaired) electrons. The Labute approximate surface area is 126 Å². The minimum Gasteiger partial charge on any atom is -0.481 e. The molecule has 0 aromatic carbocycles. The van der Waals surface area contributed by atoms with Crippen molar-refractivity contribution in [3.8, 4) is 0 Å². The smallest absolute Gasteiger partial charge is 0.481 e. The highest BCUT2D eigenvalue weighted by atomic mass is 28.4. The summed E-state index contributed by atoms with van der Waals surface area (Å²) < 4.78 is 16.7. The van der Waals surface area contributed by atoms with Crippen molar-refractivity contribution < 1.29 is 33.1 Å². The van der Waals surface area contributed by atoms with Gasteiger partial charge < -0.3 is 23.5 Å². The molecular weight excluding hydrogens is 296 g/mol. The summed E-state index contributed by atoms with van der Waals surface area (Å²) in [5, 5.41) is 18.9. The first-order valence-corrected chi connectivity index (χ1v) is 9.07. The molecule has 0 aliphatic heterocycles. The van der Waals surface area contributed by atoms with E-state index in [2.05, 4.69) is 0 Å². The Morgan fingerprint density at radius 2 is 1.33 bits per heavy atom. The number of carbonyl (C=O) groups is 2. The number of carboxylic acids is 2. The fourth-order valence-corrected chi connectivity index (χ4v) is 5.41. The lowest BCUT2D eigenvalue weighted by Crippen LogP contribution is -2.56. The van der Waals surface area contributed by atoms with Gasteiger partial charge in [0.1, 0.15) is 5.54 Å². The van der Waals surface area contributed by atoms with E-state index in [0.717, 1.165) is 0 Å². The third-order valence-corrected chi connectivity index (χ3v) is 6.49. The summed E-state index contributed by atoms with van der Waals surface area (Å²) in [5.74, 6) is -3.51. The van der Waals surface area contributed by atoms with Gasteiger partial charge in [0.15, 0.2) is 0 Å². The first kappa shape index (κ1) is 20.0. The van der Waals surface area contributed by atoms with E-state index < -0.39 is 32.2 Å². The Balaban J connectivity index is 5.76. The van der Waals surface area contributed by atoms with E-state index >= 15 is 0 Å². The van der Waals surface area contributed by atoms with Gasteiger partial charge in [-0.25, -0.2) is 0 Å². The molecule has 0 saturated carbocycles. The summed E-state index contributed by atoms with van der Waals surface area (Å²) in [6, 6.07) is 0. The Kier molecular flexibility index (Phi) is 9.43. The molecule has 0 spiro atoms. The predicted octanol–water partition coefficient (Wildman–Crippen LogP) is 1.99. The van der Waals surface area contributed by atoms with E-state index in [9.17, 15) is 19.8 Å². The molecule has 0 aliphatic carbocycles. The molecule has 21 heavy (non-hydrogen) atoms. The predicted molar refractivity (Wildman–Crippen MR) is 78.1 cm³/mol. The quantitative estimate of drug-likeness (QED) is 0.530. The molecule has 0 aliphatic rings. The summed E-state index contributed by atoms with van der Waals surface area (Å²) >= 11 is 0. The zero-order chi connectivity index (χ0) is 16.5. The van der Waals surface area contributed by atoms with Crippen LogP contribution < -0.4 is 0 Å². The number of hydrogen-bond acceptors (Lipinski definition) is 5. The highest BCUT2D eigenvalue weighted by Crippen LogP contribution is 2.36. The van der Waals surface area contributed by atoms with Gasteiger partial charge in [0.25, 0.3) is 0 Å². The van der Waals surface area contributed by atoms with Crippen molar-refractivity contribution in [1.29, 1.82) is 0 Å². The molecular formula is C13H26O7Si. The van der Waals surface area contributed by atoms with Crippen molar-refractivity contribution in [3.05, 3.63) is 0 Å². The van der Waals surface area contributed by atoms with Gasteiger partial charge in [-0.3, -0.25) is 9.59 Å². The number of hydrogen-bond donors (Lipinski definition) is 2. The van der Waals surface area contributed by atoms with Gasteiger partial charge in [-0.1, -0.05) is 13.3 Å². The fourth-order valence-electron chi connectivity index (χ4n) is 2.31. The Morgan fingerprint density at radius 1 is 0.905 bits per heavy atom. The second kappa shape index (κ2) is 9.88. The summed E-state index contributed by atoms with van der Waals surface area (Å²) in [6.07, 6.45) is 0.782. The van der Waals surface area contributed by atoms with Crippen LogP contribution in [0.25, 0.3) is 0 Å². The SMILES string of the molecule is CCCC(C(=O)O)C(C(=O)O)[Si](OCC)(OCC)OCC. The Bertz CT molecular complexity index is 317. The van der Waals surface area contributed by atoms with Gasteiger partial charge >= 0.3 is 20.7 Å². The van der Waals surface area contributed by atoms with Gasteiger partial charge in [0.05, 0.1) is 5.92 Å². The molecule has 0 aromatic heterocycles. The molecule has 0 saturated heterocycles. The van der Waals surface area contributed by atoms with Crippen molar-refractivity contribution in [2.24, 2.45) is 5.92 Å². The fraction of sp³-hybridized carbons (Fsp3) is 0.846. The molecule has 0 fully saturated rings. The van der Waals surface area contributed by atoms with Gasteiger partial charge in [0.2, 0.25) is 0 Å². The Hall–Kier alpha value is -0.963. The van der Waals surface area contributed by atoms with E-state index in [1.165, 1.54) is 0 Å². The molecule has 0 amide bonds. The highest BCUT2D eigenvalue weighted by molar-refractivity contribution is 6.66. The molecule has 0 rings (SSSR count). The van der Waals surface area contributed by atoms with E-state index in [1.54, 1.807) is 27.7 Å². The highest BCUT2D eigenvalue weighted by Gasteiger charge is 2.58. The second-order valence-electron chi connectivity index (χ2n) is 4.45. The average molecular weight is 322 g/mol. The van der Waals surface area contributed by atoms with Crippen LogP contribution in [0.15, 0.2) is 0 Å². The van der Waals surface area contributed by atoms with Crippen molar-refractivity contribution in [2.75, 3.05) is 19.8 Å².